The van der Waals surface area contributed by atoms with Gasteiger partial charge in [0.2, 0.25) is 0 Å². The second-order valence-corrected chi connectivity index (χ2v) is 8.83. The van der Waals surface area contributed by atoms with E-state index in [1.165, 1.54) is 15.9 Å². The number of nitrogens with zero attached hydrogens (tertiary/aromatic N) is 2. The van der Waals surface area contributed by atoms with E-state index in [0.29, 0.717) is 14.9 Å². The monoisotopic (exact) mass is 394 g/mol. The predicted molar refractivity (Wildman–Crippen MR) is 111 cm³/mol. The molecule has 3 rings (SSSR count). The van der Waals surface area contributed by atoms with Crippen LogP contribution in [0.3, 0.4) is 0 Å². The van der Waals surface area contributed by atoms with Crippen LogP contribution in [-0.2, 0) is 4.79 Å². The molecule has 1 aromatic carbocycles. The SMILES string of the molecule is CC(C)(C)C(=O)/C(C#N)=c1\s/c(=C\c2ccsc2)c(=O)n1-c1ccccc1. The Bertz CT molecular complexity index is 1190. The summed E-state index contributed by atoms with van der Waals surface area (Å²) < 4.78 is 2.32. The Morgan fingerprint density at radius 1 is 1.19 bits per heavy atom. The molecule has 0 aliphatic rings. The zero-order chi connectivity index (χ0) is 19.6. The minimum atomic E-state index is -0.718. The van der Waals surface area contributed by atoms with Crippen LogP contribution in [0.2, 0.25) is 0 Å². The first kappa shape index (κ1) is 19.0. The highest BCUT2D eigenvalue weighted by atomic mass is 32.1. The van der Waals surface area contributed by atoms with Crippen LogP contribution in [0.5, 0.6) is 0 Å². The molecule has 27 heavy (non-hydrogen) atoms. The zero-order valence-electron chi connectivity index (χ0n) is 15.2. The number of carbonyl (C=O) groups excluding carboxylic acids is 1. The van der Waals surface area contributed by atoms with Crippen LogP contribution in [0.25, 0.3) is 17.3 Å². The Balaban J connectivity index is 2.44. The molecule has 0 aliphatic heterocycles. The van der Waals surface area contributed by atoms with E-state index in [0.717, 1.165) is 5.56 Å². The van der Waals surface area contributed by atoms with Gasteiger partial charge in [0.05, 0.1) is 10.2 Å². The summed E-state index contributed by atoms with van der Waals surface area (Å²) in [7, 11) is 0. The maximum atomic E-state index is 13.1. The highest BCUT2D eigenvalue weighted by molar-refractivity contribution is 7.08. The standard InChI is InChI=1S/C21H18N2O2S2/c1-21(2,3)18(24)16(12-22)20-23(15-7-5-4-6-8-15)19(25)17(27-20)11-14-9-10-26-13-14/h4-11,13H,1-3H3/b17-11-,20-16-. The van der Waals surface area contributed by atoms with E-state index in [1.807, 2.05) is 41.1 Å². The molecule has 0 saturated carbocycles. The quantitative estimate of drug-likeness (QED) is 0.686. The van der Waals surface area contributed by atoms with Gasteiger partial charge in [-0.3, -0.25) is 14.2 Å². The van der Waals surface area contributed by atoms with Gasteiger partial charge in [0.1, 0.15) is 16.3 Å². The van der Waals surface area contributed by atoms with Crippen LogP contribution >= 0.6 is 22.7 Å². The number of carbonyl (C=O) groups is 1. The van der Waals surface area contributed by atoms with Gasteiger partial charge in [-0.05, 0) is 40.6 Å². The summed E-state index contributed by atoms with van der Waals surface area (Å²) in [6, 6.07) is 13.1. The minimum Gasteiger partial charge on any atom is -0.293 e. The first-order valence-corrected chi connectivity index (χ1v) is 10.1. The van der Waals surface area contributed by atoms with Gasteiger partial charge in [0.25, 0.3) is 5.56 Å². The maximum Gasteiger partial charge on any atom is 0.273 e. The fourth-order valence-electron chi connectivity index (χ4n) is 2.54. The molecule has 0 unspecified atom stereocenters. The zero-order valence-corrected chi connectivity index (χ0v) is 16.9. The van der Waals surface area contributed by atoms with E-state index in [2.05, 4.69) is 0 Å². The topological polar surface area (TPSA) is 62.9 Å². The second kappa shape index (κ2) is 7.47. The van der Waals surface area contributed by atoms with Crippen LogP contribution in [0.4, 0.5) is 0 Å². The van der Waals surface area contributed by atoms with Crippen molar-refractivity contribution in [1.29, 1.82) is 5.26 Å². The van der Waals surface area contributed by atoms with Crippen molar-refractivity contribution in [2.75, 3.05) is 0 Å². The molecule has 0 saturated heterocycles. The molecule has 2 aromatic heterocycles. The number of hydrogen-bond donors (Lipinski definition) is 0. The van der Waals surface area contributed by atoms with Gasteiger partial charge in [0.15, 0.2) is 5.78 Å². The van der Waals surface area contributed by atoms with Crippen LogP contribution in [0.1, 0.15) is 26.3 Å². The molecule has 6 heteroatoms. The van der Waals surface area contributed by atoms with Crippen molar-refractivity contribution in [3.05, 3.63) is 72.3 Å². The molecular weight excluding hydrogens is 376 g/mol. The Morgan fingerprint density at radius 3 is 2.44 bits per heavy atom. The molecule has 0 amide bonds. The highest BCUT2D eigenvalue weighted by Gasteiger charge is 2.27. The summed E-state index contributed by atoms with van der Waals surface area (Å²) in [4.78, 5) is 26.0. The van der Waals surface area contributed by atoms with Crippen LogP contribution in [0, 0.1) is 16.7 Å². The van der Waals surface area contributed by atoms with E-state index < -0.39 is 5.41 Å². The highest BCUT2D eigenvalue weighted by Crippen LogP contribution is 2.20. The van der Waals surface area contributed by atoms with Gasteiger partial charge < -0.3 is 0 Å². The summed E-state index contributed by atoms with van der Waals surface area (Å²) in [6.07, 6.45) is 1.79. The number of hydrogen-bond acceptors (Lipinski definition) is 5. The van der Waals surface area contributed by atoms with Gasteiger partial charge in [-0.2, -0.15) is 16.6 Å². The van der Waals surface area contributed by atoms with Crippen molar-refractivity contribution in [3.63, 3.8) is 0 Å². The van der Waals surface area contributed by atoms with E-state index in [4.69, 9.17) is 0 Å². The summed E-state index contributed by atoms with van der Waals surface area (Å²) in [5.74, 6) is -0.280. The number of ketones is 1. The number of rotatable bonds is 3. The molecule has 0 atom stereocenters. The lowest BCUT2D eigenvalue weighted by Gasteiger charge is -2.15. The summed E-state index contributed by atoms with van der Waals surface area (Å²) in [6.45, 7) is 5.30. The lowest BCUT2D eigenvalue weighted by Crippen LogP contribution is -2.33. The van der Waals surface area contributed by atoms with Gasteiger partial charge in [-0.1, -0.05) is 39.0 Å². The number of benzene rings is 1. The average molecular weight is 395 g/mol. The normalized spacial score (nSPS) is 13.3. The molecule has 0 aliphatic carbocycles. The first-order valence-electron chi connectivity index (χ1n) is 8.33. The van der Waals surface area contributed by atoms with Crippen molar-refractivity contribution in [2.45, 2.75) is 20.8 Å². The molecule has 3 aromatic rings. The lowest BCUT2D eigenvalue weighted by atomic mass is 9.87. The molecule has 0 bridgehead atoms. The van der Waals surface area contributed by atoms with E-state index in [9.17, 15) is 14.9 Å². The van der Waals surface area contributed by atoms with Crippen molar-refractivity contribution in [2.24, 2.45) is 5.41 Å². The van der Waals surface area contributed by atoms with Gasteiger partial charge >= 0.3 is 0 Å². The number of Topliss-reactive ketones (excluding diaryl/α,β-unsaturated/α-hetero) is 1. The van der Waals surface area contributed by atoms with Gasteiger partial charge in [-0.25, -0.2) is 0 Å². The van der Waals surface area contributed by atoms with E-state index >= 15 is 0 Å². The van der Waals surface area contributed by atoms with E-state index in [-0.39, 0.29) is 16.9 Å². The smallest absolute Gasteiger partial charge is 0.273 e. The van der Waals surface area contributed by atoms with Crippen LogP contribution < -0.4 is 14.8 Å². The Hall–Kier alpha value is -2.75. The maximum absolute atomic E-state index is 13.1. The lowest BCUT2D eigenvalue weighted by molar-refractivity contribution is -0.120. The molecule has 0 radical (unpaired) electrons. The van der Waals surface area contributed by atoms with Gasteiger partial charge in [0, 0.05) is 5.41 Å². The molecule has 4 nitrogen and oxygen atoms in total. The minimum absolute atomic E-state index is 0.0124. The molecule has 0 fully saturated rings. The first-order chi connectivity index (χ1) is 12.8. The Morgan fingerprint density at radius 2 is 1.89 bits per heavy atom. The molecule has 136 valence electrons. The summed E-state index contributed by atoms with van der Waals surface area (Å²) in [5.41, 5.74) is 0.614. The number of thiazole rings is 1. The Labute approximate surface area is 165 Å². The molecule has 2 heterocycles. The fraction of sp³-hybridized carbons (Fsp3) is 0.190. The van der Waals surface area contributed by atoms with Crippen molar-refractivity contribution in [1.82, 2.24) is 4.57 Å². The third kappa shape index (κ3) is 3.85. The van der Waals surface area contributed by atoms with Gasteiger partial charge in [-0.15, -0.1) is 11.3 Å². The largest absolute Gasteiger partial charge is 0.293 e. The van der Waals surface area contributed by atoms with Crippen LogP contribution in [0.15, 0.2) is 52.0 Å². The van der Waals surface area contributed by atoms with E-state index in [1.54, 1.807) is 50.3 Å². The summed E-state index contributed by atoms with van der Waals surface area (Å²) in [5, 5.41) is 13.6. The Kier molecular flexibility index (Phi) is 5.26. The number of thiophene rings is 1. The molecule has 0 N–H and O–H groups in total. The third-order valence-corrected chi connectivity index (χ3v) is 5.71. The molecule has 0 spiro atoms. The predicted octanol–water partition coefficient (Wildman–Crippen LogP) is 3.08. The second-order valence-electron chi connectivity index (χ2n) is 7.01. The fourth-order valence-corrected chi connectivity index (χ4v) is 4.26. The summed E-state index contributed by atoms with van der Waals surface area (Å²) >= 11 is 2.72. The van der Waals surface area contributed by atoms with Crippen molar-refractivity contribution >= 4 is 40.1 Å². The van der Waals surface area contributed by atoms with Crippen LogP contribution in [-0.4, -0.2) is 10.4 Å². The third-order valence-electron chi connectivity index (χ3n) is 3.91. The number of para-hydroxylation sites is 1. The molecular formula is C21H18N2O2S2. The van der Waals surface area contributed by atoms with Crippen molar-refractivity contribution in [3.8, 4) is 11.8 Å². The average Bonchev–Trinajstić information content (AvgIpc) is 3.25. The van der Waals surface area contributed by atoms with Crippen molar-refractivity contribution < 1.29 is 4.79 Å². The number of nitriles is 1. The number of aromatic nitrogens is 1.